The molecule has 0 aliphatic rings. The van der Waals surface area contributed by atoms with Gasteiger partial charge in [-0.3, -0.25) is 0 Å². The van der Waals surface area contributed by atoms with Crippen LogP contribution in [-0.4, -0.2) is 0 Å². The van der Waals surface area contributed by atoms with Crippen LogP contribution in [0.5, 0.6) is 5.75 Å². The molecule has 3 nitrogen and oxygen atoms in total. The Morgan fingerprint density at radius 3 is 1.62 bits per heavy atom. The number of hydrogen-bond donors (Lipinski definition) is 0. The molecule has 0 heterocycles. The van der Waals surface area contributed by atoms with Crippen LogP contribution in [0.2, 0.25) is 0 Å². The van der Waals surface area contributed by atoms with E-state index in [4.69, 9.17) is 0 Å². The minimum Gasteiger partial charge on any atom is -0.532 e. The van der Waals surface area contributed by atoms with E-state index in [1.54, 1.807) is 12.1 Å². The molecule has 0 atom stereocenters. The van der Waals surface area contributed by atoms with Gasteiger partial charge in [-0.15, -0.1) is 0 Å². The van der Waals surface area contributed by atoms with Gasteiger partial charge in [-0.2, -0.15) is 41.5 Å². The van der Waals surface area contributed by atoms with E-state index in [2.05, 4.69) is 4.18 Å². The molecule has 2 aromatic rings. The van der Waals surface area contributed by atoms with E-state index >= 15 is 0 Å². The Bertz CT molecular complexity index is 566. The van der Waals surface area contributed by atoms with E-state index in [-0.39, 0.29) is 17.1 Å². The number of hydrogen-bond acceptors (Lipinski definition) is 4. The molecule has 2 aromatic carbocycles. The zero-order chi connectivity index (χ0) is 18.1. The number of rotatable bonds is 2. The first-order chi connectivity index (χ1) is 11.0. The molecule has 136 valence electrons. The van der Waals surface area contributed by atoms with Crippen molar-refractivity contribution in [1.29, 1.82) is 0 Å². The van der Waals surface area contributed by atoms with Gasteiger partial charge in [0.25, 0.3) is 0 Å². The fourth-order valence-electron chi connectivity index (χ4n) is 1.34. The Hall–Kier alpha value is -1.03. The first-order valence-electron chi connectivity index (χ1n) is 7.49. The van der Waals surface area contributed by atoms with Crippen molar-refractivity contribution in [1.82, 2.24) is 0 Å². The molecule has 5 heteroatoms. The summed E-state index contributed by atoms with van der Waals surface area (Å²) in [5.41, 5.74) is 0. The van der Waals surface area contributed by atoms with Crippen LogP contribution in [0.3, 0.4) is 0 Å². The van der Waals surface area contributed by atoms with Crippen molar-refractivity contribution in [2.45, 2.75) is 41.5 Å². The SMILES string of the molecule is C[CH-]C.C[CH-]C.C[CH-]C.O=[S-](=O)Oc1cccc2ccccc12.[Fe+4]. The van der Waals surface area contributed by atoms with Crippen molar-refractivity contribution in [2.75, 3.05) is 0 Å². The molecule has 2 rings (SSSR count). The Morgan fingerprint density at radius 2 is 1.17 bits per heavy atom. The summed E-state index contributed by atoms with van der Waals surface area (Å²) in [6, 6.07) is 12.7. The van der Waals surface area contributed by atoms with E-state index in [1.807, 2.05) is 91.1 Å². The first kappa shape index (κ1) is 27.8. The predicted octanol–water partition coefficient (Wildman–Crippen LogP) is 6.13. The topological polar surface area (TPSA) is 43.4 Å². The van der Waals surface area contributed by atoms with E-state index in [0.29, 0.717) is 5.75 Å². The van der Waals surface area contributed by atoms with Gasteiger partial charge in [0.05, 0.1) is 0 Å². The molecule has 0 bridgehead atoms. The summed E-state index contributed by atoms with van der Waals surface area (Å²) in [6.07, 6.45) is 6.00. The Labute approximate surface area is 160 Å². The van der Waals surface area contributed by atoms with Crippen LogP contribution in [0.25, 0.3) is 10.8 Å². The Balaban J connectivity index is -0.000000375. The summed E-state index contributed by atoms with van der Waals surface area (Å²) < 4.78 is 25.4. The third-order valence-corrected chi connectivity index (χ3v) is 2.22. The van der Waals surface area contributed by atoms with Crippen molar-refractivity contribution < 1.29 is 29.7 Å². The molecule has 0 amide bonds. The summed E-state index contributed by atoms with van der Waals surface area (Å²) in [5.74, 6) is 0.358. The average Bonchev–Trinajstić information content (AvgIpc) is 2.49. The average molecular weight is 392 g/mol. The van der Waals surface area contributed by atoms with Crippen LogP contribution in [0.4, 0.5) is 0 Å². The van der Waals surface area contributed by atoms with Gasteiger partial charge in [0.2, 0.25) is 0 Å². The van der Waals surface area contributed by atoms with E-state index in [0.717, 1.165) is 10.8 Å². The summed E-state index contributed by atoms with van der Waals surface area (Å²) in [7, 11) is -2.52. The van der Waals surface area contributed by atoms with Crippen LogP contribution < -0.4 is 4.18 Å². The molecule has 24 heavy (non-hydrogen) atoms. The normalized spacial score (nSPS) is 8.46. The fourth-order valence-corrected chi connectivity index (χ4v) is 1.63. The molecule has 0 aromatic heterocycles. The summed E-state index contributed by atoms with van der Waals surface area (Å²) in [5, 5.41) is 1.75. The maximum atomic E-state index is 10.4. The molecular formula is C19H28FeO3S. The van der Waals surface area contributed by atoms with E-state index < -0.39 is 11.0 Å². The number of fused-ring (bicyclic) bond motifs is 1. The molecule has 0 saturated heterocycles. The molecule has 0 fully saturated rings. The van der Waals surface area contributed by atoms with Gasteiger partial charge >= 0.3 is 17.1 Å². The van der Waals surface area contributed by atoms with Crippen molar-refractivity contribution in [3.63, 3.8) is 0 Å². The van der Waals surface area contributed by atoms with Gasteiger partial charge in [0, 0.05) is 5.39 Å². The number of benzene rings is 2. The summed E-state index contributed by atoms with van der Waals surface area (Å²) in [4.78, 5) is 0. The largest absolute Gasteiger partial charge is 4.00 e. The minimum atomic E-state index is -2.52. The zero-order valence-electron chi connectivity index (χ0n) is 15.3. The van der Waals surface area contributed by atoms with Crippen molar-refractivity contribution in [3.05, 3.63) is 61.7 Å². The van der Waals surface area contributed by atoms with Crippen LogP contribution >= 0.6 is 0 Å². The molecule has 0 spiro atoms. The monoisotopic (exact) mass is 392 g/mol. The van der Waals surface area contributed by atoms with Gasteiger partial charge < -0.3 is 31.9 Å². The Kier molecular flexibility index (Phi) is 23.2. The zero-order valence-corrected chi connectivity index (χ0v) is 17.2. The van der Waals surface area contributed by atoms with Gasteiger partial charge in [0.15, 0.2) is 0 Å². The maximum Gasteiger partial charge on any atom is 4.00 e. The third kappa shape index (κ3) is 14.6. The maximum absolute atomic E-state index is 10.4. The van der Waals surface area contributed by atoms with Gasteiger partial charge in [-0.25, -0.2) is 0 Å². The smallest absolute Gasteiger partial charge is 0.532 e. The van der Waals surface area contributed by atoms with Crippen molar-refractivity contribution >= 4 is 21.8 Å². The quantitative estimate of drug-likeness (QED) is 0.351. The second-order valence-corrected chi connectivity index (χ2v) is 5.07. The molecule has 0 aliphatic carbocycles. The van der Waals surface area contributed by atoms with Crippen LogP contribution in [0.1, 0.15) is 41.5 Å². The predicted molar refractivity (Wildman–Crippen MR) is 100 cm³/mol. The van der Waals surface area contributed by atoms with Crippen molar-refractivity contribution in [2.24, 2.45) is 0 Å². The molecule has 0 unspecified atom stereocenters. The van der Waals surface area contributed by atoms with Crippen LogP contribution in [-0.2, 0) is 36.5 Å². The standard InChI is InChI=1S/C10H7O3S.3C3H7.Fe/c11-14(12)13-10-7-3-5-8-4-1-2-6-9(8)10;3*1-3-2;/h1-7H;3*3H,1-2H3;/q4*-1;+4. The van der Waals surface area contributed by atoms with Gasteiger partial charge in [0.1, 0.15) is 16.7 Å². The van der Waals surface area contributed by atoms with Crippen LogP contribution in [0, 0.1) is 19.3 Å². The fraction of sp³-hybridized carbons (Fsp3) is 0.316. The Morgan fingerprint density at radius 1 is 0.750 bits per heavy atom. The van der Waals surface area contributed by atoms with E-state index in [9.17, 15) is 8.42 Å². The molecule has 0 radical (unpaired) electrons. The molecular weight excluding hydrogens is 364 g/mol. The van der Waals surface area contributed by atoms with Crippen LogP contribution in [0.15, 0.2) is 42.5 Å². The molecule has 0 aliphatic heterocycles. The molecule has 0 saturated carbocycles. The second kappa shape index (κ2) is 20.0. The third-order valence-electron chi connectivity index (χ3n) is 1.91. The summed E-state index contributed by atoms with van der Waals surface area (Å²) in [6.45, 7) is 12.0. The second-order valence-electron chi connectivity index (χ2n) is 4.50. The minimum absolute atomic E-state index is 0. The van der Waals surface area contributed by atoms with Gasteiger partial charge in [-0.05, 0) is 11.5 Å². The first-order valence-corrected chi connectivity index (χ1v) is 8.49. The molecule has 0 N–H and O–H groups in total. The van der Waals surface area contributed by atoms with Crippen molar-refractivity contribution in [3.8, 4) is 5.75 Å². The summed E-state index contributed by atoms with van der Waals surface area (Å²) >= 11 is 0. The van der Waals surface area contributed by atoms with Gasteiger partial charge in [-0.1, -0.05) is 36.4 Å². The van der Waals surface area contributed by atoms with E-state index in [1.165, 1.54) is 0 Å².